The molecule has 0 aliphatic heterocycles. The third-order valence-electron chi connectivity index (χ3n) is 2.95. The number of terminal acetylenes is 1. The number of hydrogen-bond donors (Lipinski definition) is 2. The topological polar surface area (TPSA) is 66.4 Å². The highest BCUT2D eigenvalue weighted by molar-refractivity contribution is 5.78. The second kappa shape index (κ2) is 5.55. The number of hydrogen-bond acceptors (Lipinski definition) is 2. The van der Waals surface area contributed by atoms with Crippen LogP contribution in [0.2, 0.25) is 0 Å². The van der Waals surface area contributed by atoms with Crippen LogP contribution in [0.1, 0.15) is 44.9 Å². The lowest BCUT2D eigenvalue weighted by Crippen LogP contribution is -2.47. The first kappa shape index (κ1) is 12.6. The summed E-state index contributed by atoms with van der Waals surface area (Å²) in [5.41, 5.74) is -0.530. The van der Waals surface area contributed by atoms with Gasteiger partial charge in [-0.1, -0.05) is 12.8 Å². The normalized spacial score (nSPS) is 17.7. The second-order valence-electron chi connectivity index (χ2n) is 4.31. The first-order valence-electron chi connectivity index (χ1n) is 5.54. The first-order chi connectivity index (χ1) is 7.58. The zero-order chi connectivity index (χ0) is 12.0. The fourth-order valence-electron chi connectivity index (χ4n) is 2.23. The number of carboxylic acids is 1. The van der Waals surface area contributed by atoms with Gasteiger partial charge < -0.3 is 10.4 Å². The highest BCUT2D eigenvalue weighted by atomic mass is 16.4. The zero-order valence-corrected chi connectivity index (χ0v) is 9.29. The van der Waals surface area contributed by atoms with Crippen molar-refractivity contribution >= 4 is 11.9 Å². The SMILES string of the molecule is C#CCCC(=O)NC1(CC(=O)O)CCCC1. The minimum atomic E-state index is -0.862. The molecule has 0 unspecified atom stereocenters. The number of aliphatic carboxylic acids is 1. The second-order valence-corrected chi connectivity index (χ2v) is 4.31. The Balaban J connectivity index is 2.54. The van der Waals surface area contributed by atoms with E-state index in [1.54, 1.807) is 0 Å². The van der Waals surface area contributed by atoms with E-state index in [1.165, 1.54) is 0 Å². The maximum atomic E-state index is 11.5. The maximum Gasteiger partial charge on any atom is 0.305 e. The molecule has 0 aromatic carbocycles. The predicted octanol–water partition coefficient (Wildman–Crippen LogP) is 1.30. The van der Waals surface area contributed by atoms with E-state index in [0.717, 1.165) is 25.7 Å². The van der Waals surface area contributed by atoms with Gasteiger partial charge in [0.25, 0.3) is 0 Å². The predicted molar refractivity (Wildman–Crippen MR) is 59.7 cm³/mol. The van der Waals surface area contributed by atoms with Gasteiger partial charge in [0, 0.05) is 12.8 Å². The third-order valence-corrected chi connectivity index (χ3v) is 2.95. The van der Waals surface area contributed by atoms with E-state index in [9.17, 15) is 9.59 Å². The van der Waals surface area contributed by atoms with Crippen LogP contribution < -0.4 is 5.32 Å². The number of rotatable bonds is 5. The van der Waals surface area contributed by atoms with E-state index in [-0.39, 0.29) is 18.7 Å². The summed E-state index contributed by atoms with van der Waals surface area (Å²) in [5.74, 6) is 1.40. The van der Waals surface area contributed by atoms with E-state index in [2.05, 4.69) is 11.2 Å². The fourth-order valence-corrected chi connectivity index (χ4v) is 2.23. The molecule has 0 atom stereocenters. The highest BCUT2D eigenvalue weighted by Gasteiger charge is 2.37. The third kappa shape index (κ3) is 3.58. The van der Waals surface area contributed by atoms with E-state index in [1.807, 2.05) is 0 Å². The van der Waals surface area contributed by atoms with Crippen molar-refractivity contribution in [2.75, 3.05) is 0 Å². The summed E-state index contributed by atoms with van der Waals surface area (Å²) in [7, 11) is 0. The molecule has 1 saturated carbocycles. The minimum Gasteiger partial charge on any atom is -0.481 e. The van der Waals surface area contributed by atoms with Crippen LogP contribution in [0.15, 0.2) is 0 Å². The van der Waals surface area contributed by atoms with Crippen LogP contribution in [0.3, 0.4) is 0 Å². The lowest BCUT2D eigenvalue weighted by Gasteiger charge is -2.28. The van der Waals surface area contributed by atoms with Crippen molar-refractivity contribution in [3.63, 3.8) is 0 Å². The Morgan fingerprint density at radius 2 is 2.00 bits per heavy atom. The van der Waals surface area contributed by atoms with Crippen molar-refractivity contribution in [2.24, 2.45) is 0 Å². The van der Waals surface area contributed by atoms with Crippen LogP contribution in [-0.4, -0.2) is 22.5 Å². The summed E-state index contributed by atoms with van der Waals surface area (Å²) in [4.78, 5) is 22.3. The number of nitrogens with one attached hydrogen (secondary N) is 1. The Bertz CT molecular complexity index is 311. The molecule has 2 N–H and O–H groups in total. The molecule has 16 heavy (non-hydrogen) atoms. The van der Waals surface area contributed by atoms with Crippen LogP contribution in [0.25, 0.3) is 0 Å². The van der Waals surface area contributed by atoms with Crippen LogP contribution in [0.5, 0.6) is 0 Å². The van der Waals surface area contributed by atoms with Gasteiger partial charge in [-0.25, -0.2) is 0 Å². The molecular weight excluding hydrogens is 206 g/mol. The van der Waals surface area contributed by atoms with Crippen molar-refractivity contribution in [3.8, 4) is 12.3 Å². The van der Waals surface area contributed by atoms with Crippen LogP contribution >= 0.6 is 0 Å². The molecule has 1 aliphatic rings. The number of carbonyl (C=O) groups excluding carboxylic acids is 1. The molecule has 4 heteroatoms. The molecule has 0 saturated heterocycles. The molecule has 1 amide bonds. The summed E-state index contributed by atoms with van der Waals surface area (Å²) < 4.78 is 0. The quantitative estimate of drug-likeness (QED) is 0.690. The lowest BCUT2D eigenvalue weighted by atomic mass is 9.93. The Labute approximate surface area is 95.4 Å². The molecule has 4 nitrogen and oxygen atoms in total. The molecule has 1 fully saturated rings. The lowest BCUT2D eigenvalue weighted by molar-refractivity contribution is -0.139. The fraction of sp³-hybridized carbons (Fsp3) is 0.667. The molecule has 88 valence electrons. The standard InChI is InChI=1S/C12H17NO3/c1-2-3-6-10(14)13-12(9-11(15)16)7-4-5-8-12/h1H,3-9H2,(H,13,14)(H,15,16). The summed E-state index contributed by atoms with van der Waals surface area (Å²) in [6.45, 7) is 0. The van der Waals surface area contributed by atoms with Crippen molar-refractivity contribution < 1.29 is 14.7 Å². The first-order valence-corrected chi connectivity index (χ1v) is 5.54. The van der Waals surface area contributed by atoms with Gasteiger partial charge in [0.1, 0.15) is 0 Å². The molecule has 1 aliphatic carbocycles. The van der Waals surface area contributed by atoms with Gasteiger partial charge in [0.2, 0.25) is 5.91 Å². The zero-order valence-electron chi connectivity index (χ0n) is 9.29. The van der Waals surface area contributed by atoms with Crippen molar-refractivity contribution in [2.45, 2.75) is 50.5 Å². The molecular formula is C12H17NO3. The van der Waals surface area contributed by atoms with Gasteiger partial charge in [-0.15, -0.1) is 12.3 Å². The summed E-state index contributed by atoms with van der Waals surface area (Å²) in [6, 6.07) is 0. The van der Waals surface area contributed by atoms with Crippen LogP contribution in [0, 0.1) is 12.3 Å². The van der Waals surface area contributed by atoms with Crippen LogP contribution in [0.4, 0.5) is 0 Å². The molecule has 1 rings (SSSR count). The molecule has 0 aromatic rings. The number of carbonyl (C=O) groups is 2. The molecule has 0 spiro atoms. The van der Waals surface area contributed by atoms with E-state index in [4.69, 9.17) is 11.5 Å². The average Bonchev–Trinajstić information content (AvgIpc) is 2.62. The van der Waals surface area contributed by atoms with Crippen molar-refractivity contribution in [1.29, 1.82) is 0 Å². The maximum absolute atomic E-state index is 11.5. The highest BCUT2D eigenvalue weighted by Crippen LogP contribution is 2.32. The molecule has 0 aromatic heterocycles. The monoisotopic (exact) mass is 223 g/mol. The average molecular weight is 223 g/mol. The largest absolute Gasteiger partial charge is 0.481 e. The minimum absolute atomic E-state index is 0.00872. The van der Waals surface area contributed by atoms with Gasteiger partial charge in [0.05, 0.1) is 12.0 Å². The van der Waals surface area contributed by atoms with Gasteiger partial charge in [-0.05, 0) is 12.8 Å². The van der Waals surface area contributed by atoms with Crippen molar-refractivity contribution in [1.82, 2.24) is 5.32 Å². The van der Waals surface area contributed by atoms with E-state index < -0.39 is 11.5 Å². The van der Waals surface area contributed by atoms with Gasteiger partial charge >= 0.3 is 5.97 Å². The van der Waals surface area contributed by atoms with Gasteiger partial charge in [-0.3, -0.25) is 9.59 Å². The smallest absolute Gasteiger partial charge is 0.305 e. The molecule has 0 radical (unpaired) electrons. The summed E-state index contributed by atoms with van der Waals surface area (Å²) in [5, 5.41) is 11.7. The Hall–Kier alpha value is -1.50. The van der Waals surface area contributed by atoms with Crippen LogP contribution in [-0.2, 0) is 9.59 Å². The number of carboxylic acid groups (broad SMARTS) is 1. The number of amides is 1. The van der Waals surface area contributed by atoms with E-state index in [0.29, 0.717) is 6.42 Å². The Morgan fingerprint density at radius 1 is 1.38 bits per heavy atom. The summed E-state index contributed by atoms with van der Waals surface area (Å²) in [6.07, 6.45) is 9.21. The van der Waals surface area contributed by atoms with Gasteiger partial charge in [-0.2, -0.15) is 0 Å². The summed E-state index contributed by atoms with van der Waals surface area (Å²) >= 11 is 0. The Kier molecular flexibility index (Phi) is 4.36. The van der Waals surface area contributed by atoms with Gasteiger partial charge in [0.15, 0.2) is 0 Å². The molecule has 0 bridgehead atoms. The molecule has 0 heterocycles. The Morgan fingerprint density at radius 3 is 2.50 bits per heavy atom. The van der Waals surface area contributed by atoms with E-state index >= 15 is 0 Å². The van der Waals surface area contributed by atoms with Crippen molar-refractivity contribution in [3.05, 3.63) is 0 Å².